The molecule has 106 valence electrons. The van der Waals surface area contributed by atoms with Crippen LogP contribution >= 0.6 is 22.6 Å². The Morgan fingerprint density at radius 3 is 2.50 bits per heavy atom. The van der Waals surface area contributed by atoms with Crippen molar-refractivity contribution in [1.29, 1.82) is 0 Å². The van der Waals surface area contributed by atoms with E-state index >= 15 is 0 Å². The molecule has 1 unspecified atom stereocenters. The van der Waals surface area contributed by atoms with Crippen molar-refractivity contribution in [2.75, 3.05) is 6.54 Å². The van der Waals surface area contributed by atoms with Crippen LogP contribution in [0.2, 0.25) is 0 Å². The normalized spacial score (nSPS) is 12.4. The second kappa shape index (κ2) is 7.23. The van der Waals surface area contributed by atoms with Crippen LogP contribution < -0.4 is 5.32 Å². The first-order valence-electron chi connectivity index (χ1n) is 7.18. The van der Waals surface area contributed by atoms with Crippen molar-refractivity contribution < 1.29 is 0 Å². The zero-order valence-corrected chi connectivity index (χ0v) is 14.6. The van der Waals surface area contributed by atoms with Crippen LogP contribution in [0.5, 0.6) is 0 Å². The summed E-state index contributed by atoms with van der Waals surface area (Å²) < 4.78 is 1.32. The number of benzene rings is 2. The fourth-order valence-electron chi connectivity index (χ4n) is 2.46. The van der Waals surface area contributed by atoms with E-state index in [1.807, 2.05) is 0 Å². The number of nitrogens with one attached hydrogen (secondary N) is 1. The van der Waals surface area contributed by atoms with Gasteiger partial charge in [-0.25, -0.2) is 0 Å². The molecule has 2 heteroatoms. The molecule has 0 radical (unpaired) electrons. The quantitative estimate of drug-likeness (QED) is 0.722. The van der Waals surface area contributed by atoms with Gasteiger partial charge in [0.2, 0.25) is 0 Å². The molecule has 2 aromatic rings. The van der Waals surface area contributed by atoms with Crippen LogP contribution in [0, 0.1) is 17.4 Å². The molecule has 1 N–H and O–H groups in total. The standard InChI is InChI=1S/C18H22IN/c1-4-11-20-18(15-7-5-6-8-17(15)19)16-12-13(2)9-10-14(16)3/h5-10,12,18,20H,4,11H2,1-3H3. The number of hydrogen-bond acceptors (Lipinski definition) is 1. The predicted octanol–water partition coefficient (Wildman–Crippen LogP) is 5.00. The van der Waals surface area contributed by atoms with Crippen molar-refractivity contribution in [1.82, 2.24) is 5.32 Å². The topological polar surface area (TPSA) is 12.0 Å². The summed E-state index contributed by atoms with van der Waals surface area (Å²) in [7, 11) is 0. The summed E-state index contributed by atoms with van der Waals surface area (Å²) >= 11 is 2.43. The van der Waals surface area contributed by atoms with E-state index in [9.17, 15) is 0 Å². The fraction of sp³-hybridized carbons (Fsp3) is 0.333. The lowest BCUT2D eigenvalue weighted by Crippen LogP contribution is -2.24. The highest BCUT2D eigenvalue weighted by molar-refractivity contribution is 14.1. The molecular formula is C18H22IN. The van der Waals surface area contributed by atoms with Crippen molar-refractivity contribution >= 4 is 22.6 Å². The molecule has 0 aliphatic carbocycles. The second-order valence-corrected chi connectivity index (χ2v) is 6.43. The van der Waals surface area contributed by atoms with E-state index in [1.165, 1.54) is 25.8 Å². The molecule has 1 atom stereocenters. The van der Waals surface area contributed by atoms with Crippen LogP contribution in [0.3, 0.4) is 0 Å². The number of hydrogen-bond donors (Lipinski definition) is 1. The number of aryl methyl sites for hydroxylation is 2. The molecule has 2 rings (SSSR count). The van der Waals surface area contributed by atoms with Crippen molar-refractivity contribution in [2.45, 2.75) is 33.2 Å². The Morgan fingerprint density at radius 2 is 1.80 bits per heavy atom. The maximum absolute atomic E-state index is 3.71. The van der Waals surface area contributed by atoms with Crippen LogP contribution in [-0.2, 0) is 0 Å². The Morgan fingerprint density at radius 1 is 1.05 bits per heavy atom. The van der Waals surface area contributed by atoms with E-state index < -0.39 is 0 Å². The third kappa shape index (κ3) is 3.61. The van der Waals surface area contributed by atoms with Crippen molar-refractivity contribution in [3.05, 3.63) is 68.3 Å². The van der Waals surface area contributed by atoms with Gasteiger partial charge in [-0.05, 0) is 72.2 Å². The first-order chi connectivity index (χ1) is 9.63. The highest BCUT2D eigenvalue weighted by atomic mass is 127. The maximum Gasteiger partial charge on any atom is 0.0589 e. The largest absolute Gasteiger partial charge is 0.306 e. The second-order valence-electron chi connectivity index (χ2n) is 5.27. The molecule has 0 heterocycles. The van der Waals surface area contributed by atoms with Crippen molar-refractivity contribution in [3.63, 3.8) is 0 Å². The Hall–Kier alpha value is -0.870. The summed E-state index contributed by atoms with van der Waals surface area (Å²) in [5.74, 6) is 0. The monoisotopic (exact) mass is 379 g/mol. The van der Waals surface area contributed by atoms with E-state index in [4.69, 9.17) is 0 Å². The molecule has 0 saturated carbocycles. The lowest BCUT2D eigenvalue weighted by Gasteiger charge is -2.23. The molecule has 0 aliphatic heterocycles. The SMILES string of the molecule is CCCNC(c1cc(C)ccc1C)c1ccccc1I. The minimum Gasteiger partial charge on any atom is -0.306 e. The van der Waals surface area contributed by atoms with E-state index in [-0.39, 0.29) is 6.04 Å². The average molecular weight is 379 g/mol. The zero-order chi connectivity index (χ0) is 14.5. The van der Waals surface area contributed by atoms with Crippen LogP contribution in [0.15, 0.2) is 42.5 Å². The summed E-state index contributed by atoms with van der Waals surface area (Å²) in [6.07, 6.45) is 1.14. The third-order valence-electron chi connectivity index (χ3n) is 3.56. The van der Waals surface area contributed by atoms with Gasteiger partial charge < -0.3 is 5.32 Å². The Balaban J connectivity index is 2.47. The molecule has 1 nitrogen and oxygen atoms in total. The van der Waals surface area contributed by atoms with Crippen molar-refractivity contribution in [3.8, 4) is 0 Å². The maximum atomic E-state index is 3.71. The van der Waals surface area contributed by atoms with Gasteiger partial charge in [0.1, 0.15) is 0 Å². The Kier molecular flexibility index (Phi) is 5.61. The lowest BCUT2D eigenvalue weighted by molar-refractivity contribution is 0.594. The minimum atomic E-state index is 0.281. The van der Waals surface area contributed by atoms with Crippen LogP contribution in [0.25, 0.3) is 0 Å². The van der Waals surface area contributed by atoms with E-state index in [0.29, 0.717) is 0 Å². The van der Waals surface area contributed by atoms with Gasteiger partial charge in [0.25, 0.3) is 0 Å². The smallest absolute Gasteiger partial charge is 0.0589 e. The molecule has 0 spiro atoms. The molecule has 0 amide bonds. The van der Waals surface area contributed by atoms with Gasteiger partial charge >= 0.3 is 0 Å². The van der Waals surface area contributed by atoms with Gasteiger partial charge in [-0.3, -0.25) is 0 Å². The molecular weight excluding hydrogens is 357 g/mol. The molecule has 0 aromatic heterocycles. The summed E-state index contributed by atoms with van der Waals surface area (Å²) in [6.45, 7) is 7.60. The van der Waals surface area contributed by atoms with Crippen LogP contribution in [0.4, 0.5) is 0 Å². The fourth-order valence-corrected chi connectivity index (χ4v) is 3.16. The number of halogens is 1. The molecule has 0 aliphatic rings. The minimum absolute atomic E-state index is 0.281. The van der Waals surface area contributed by atoms with E-state index in [0.717, 1.165) is 13.0 Å². The molecule has 20 heavy (non-hydrogen) atoms. The van der Waals surface area contributed by atoms with Crippen LogP contribution in [0.1, 0.15) is 41.6 Å². The summed E-state index contributed by atoms with van der Waals surface area (Å²) in [5.41, 5.74) is 5.43. The Labute approximate surface area is 135 Å². The van der Waals surface area contributed by atoms with Gasteiger partial charge in [-0.2, -0.15) is 0 Å². The summed E-state index contributed by atoms with van der Waals surface area (Å²) in [4.78, 5) is 0. The third-order valence-corrected chi connectivity index (χ3v) is 4.54. The van der Waals surface area contributed by atoms with Gasteiger partial charge in [-0.15, -0.1) is 0 Å². The summed E-state index contributed by atoms with van der Waals surface area (Å²) in [5, 5.41) is 3.71. The summed E-state index contributed by atoms with van der Waals surface area (Å²) in [6, 6.07) is 15.6. The van der Waals surface area contributed by atoms with Gasteiger partial charge in [-0.1, -0.05) is 48.9 Å². The van der Waals surface area contributed by atoms with Gasteiger partial charge in [0.15, 0.2) is 0 Å². The van der Waals surface area contributed by atoms with Gasteiger partial charge in [0, 0.05) is 3.57 Å². The zero-order valence-electron chi connectivity index (χ0n) is 12.4. The number of rotatable bonds is 5. The van der Waals surface area contributed by atoms with E-state index in [2.05, 4.69) is 91.1 Å². The van der Waals surface area contributed by atoms with Crippen LogP contribution in [-0.4, -0.2) is 6.54 Å². The molecule has 2 aromatic carbocycles. The predicted molar refractivity (Wildman–Crippen MR) is 95.2 cm³/mol. The highest BCUT2D eigenvalue weighted by Gasteiger charge is 2.17. The molecule has 0 saturated heterocycles. The lowest BCUT2D eigenvalue weighted by atomic mass is 9.93. The Bertz CT molecular complexity index is 577. The van der Waals surface area contributed by atoms with Gasteiger partial charge in [0.05, 0.1) is 6.04 Å². The first-order valence-corrected chi connectivity index (χ1v) is 8.26. The van der Waals surface area contributed by atoms with Crippen molar-refractivity contribution in [2.24, 2.45) is 0 Å². The first kappa shape index (κ1) is 15.5. The molecule has 0 fully saturated rings. The highest BCUT2D eigenvalue weighted by Crippen LogP contribution is 2.29. The molecule has 0 bridgehead atoms. The average Bonchev–Trinajstić information content (AvgIpc) is 2.44. The van der Waals surface area contributed by atoms with E-state index in [1.54, 1.807) is 0 Å².